The summed E-state index contributed by atoms with van der Waals surface area (Å²) in [6, 6.07) is 0. The van der Waals surface area contributed by atoms with Crippen LogP contribution in [0.15, 0.2) is 0 Å². The second kappa shape index (κ2) is 29.4. The maximum absolute atomic E-state index is 11.9. The van der Waals surface area contributed by atoms with Gasteiger partial charge in [0, 0.05) is 20.1 Å². The average molecular weight is 527 g/mol. The van der Waals surface area contributed by atoms with Crippen molar-refractivity contribution in [1.82, 2.24) is 10.2 Å². The third kappa shape index (κ3) is 27.7. The average Bonchev–Trinajstić information content (AvgIpc) is 2.89. The molecule has 0 radical (unpaired) electrons. The molecule has 1 amide bonds. The van der Waals surface area contributed by atoms with Gasteiger partial charge in [0.15, 0.2) is 0 Å². The van der Waals surface area contributed by atoms with Gasteiger partial charge in [-0.15, -0.1) is 0 Å². The maximum atomic E-state index is 11.9. The number of rotatable bonds is 29. The molecule has 0 bridgehead atoms. The predicted molar refractivity (Wildman–Crippen MR) is 156 cm³/mol. The van der Waals surface area contributed by atoms with Gasteiger partial charge in [-0.3, -0.25) is 9.59 Å². The minimum absolute atomic E-state index is 0.0197. The first-order valence-electron chi connectivity index (χ1n) is 15.8. The number of hydrogen-bond acceptors (Lipinski definition) is 5. The number of ether oxygens (including phenoxy) is 2. The lowest BCUT2D eigenvalue weighted by Crippen LogP contribution is -2.32. The number of carbonyl (C=O) groups excluding carboxylic acids is 2. The molecule has 1 N–H and O–H groups in total. The lowest BCUT2D eigenvalue weighted by Gasteiger charge is -2.22. The molecular weight excluding hydrogens is 464 g/mol. The molecule has 37 heavy (non-hydrogen) atoms. The van der Waals surface area contributed by atoms with Crippen LogP contribution in [0.25, 0.3) is 0 Å². The van der Waals surface area contributed by atoms with E-state index in [1.165, 1.54) is 96.3 Å². The highest BCUT2D eigenvalue weighted by atomic mass is 16.5. The Hall–Kier alpha value is -1.14. The van der Waals surface area contributed by atoms with Gasteiger partial charge in [-0.05, 0) is 51.7 Å². The molecule has 0 unspecified atom stereocenters. The topological polar surface area (TPSA) is 67.9 Å². The van der Waals surface area contributed by atoms with E-state index < -0.39 is 0 Å². The summed E-state index contributed by atoms with van der Waals surface area (Å²) < 4.78 is 10.3. The molecule has 0 heterocycles. The summed E-state index contributed by atoms with van der Waals surface area (Å²) in [5.74, 6) is -0.0552. The van der Waals surface area contributed by atoms with E-state index in [2.05, 4.69) is 24.1 Å². The highest BCUT2D eigenvalue weighted by Gasteiger charge is 2.07. The van der Waals surface area contributed by atoms with Crippen molar-refractivity contribution < 1.29 is 19.1 Å². The van der Waals surface area contributed by atoms with Crippen LogP contribution in [0.4, 0.5) is 0 Å². The Bertz CT molecular complexity index is 502. The lowest BCUT2D eigenvalue weighted by atomic mass is 10.1. The Morgan fingerprint density at radius 3 is 1.68 bits per heavy atom. The van der Waals surface area contributed by atoms with E-state index in [0.29, 0.717) is 19.6 Å². The van der Waals surface area contributed by atoms with Gasteiger partial charge in [0.2, 0.25) is 5.91 Å². The van der Waals surface area contributed by atoms with Gasteiger partial charge in [0.05, 0.1) is 6.61 Å². The molecule has 0 spiro atoms. The summed E-state index contributed by atoms with van der Waals surface area (Å²) in [4.78, 5) is 26.1. The van der Waals surface area contributed by atoms with Crippen LogP contribution in [-0.2, 0) is 19.1 Å². The molecule has 0 aromatic heterocycles. The van der Waals surface area contributed by atoms with Crippen molar-refractivity contribution in [2.24, 2.45) is 0 Å². The molecule has 0 aromatic rings. The van der Waals surface area contributed by atoms with Crippen molar-refractivity contribution in [1.29, 1.82) is 0 Å². The molecule has 0 saturated heterocycles. The van der Waals surface area contributed by atoms with Gasteiger partial charge in [0.25, 0.3) is 0 Å². The molecule has 0 saturated carbocycles. The van der Waals surface area contributed by atoms with Gasteiger partial charge in [-0.2, -0.15) is 0 Å². The van der Waals surface area contributed by atoms with Gasteiger partial charge >= 0.3 is 5.97 Å². The smallest absolute Gasteiger partial charge is 0.305 e. The zero-order valence-electron chi connectivity index (χ0n) is 25.0. The second-order valence-electron chi connectivity index (χ2n) is 10.6. The minimum atomic E-state index is -0.0355. The van der Waals surface area contributed by atoms with Crippen molar-refractivity contribution in [3.63, 3.8) is 0 Å². The lowest BCUT2D eigenvalue weighted by molar-refractivity contribution is -0.143. The van der Waals surface area contributed by atoms with E-state index in [1.54, 1.807) is 7.11 Å². The standard InChI is InChI=1S/C31H62N2O4/c1-4-6-8-10-12-17-21-28-37-31(35)23-18-14-13-16-20-26-33(25-19-15-11-9-7-5-2)27-22-24-32-30(34)29-36-3/h4-29H2,1-3H3,(H,32,34). The number of esters is 1. The monoisotopic (exact) mass is 526 g/mol. The van der Waals surface area contributed by atoms with Crippen LogP contribution in [0.2, 0.25) is 0 Å². The molecule has 220 valence electrons. The fourth-order valence-electron chi connectivity index (χ4n) is 4.62. The van der Waals surface area contributed by atoms with Crippen LogP contribution in [0.5, 0.6) is 0 Å². The number of nitrogens with one attached hydrogen (secondary N) is 1. The summed E-state index contributed by atoms with van der Waals surface area (Å²) >= 11 is 0. The number of unbranched alkanes of at least 4 members (excludes halogenated alkanes) is 15. The van der Waals surface area contributed by atoms with E-state index in [0.717, 1.165) is 45.3 Å². The maximum Gasteiger partial charge on any atom is 0.305 e. The second-order valence-corrected chi connectivity index (χ2v) is 10.6. The van der Waals surface area contributed by atoms with E-state index in [4.69, 9.17) is 9.47 Å². The normalized spacial score (nSPS) is 11.2. The van der Waals surface area contributed by atoms with Crippen LogP contribution in [0.3, 0.4) is 0 Å². The number of nitrogens with zero attached hydrogens (tertiary/aromatic N) is 1. The Labute approximate surface area is 230 Å². The molecule has 6 nitrogen and oxygen atoms in total. The summed E-state index contributed by atoms with van der Waals surface area (Å²) in [6.45, 7) is 9.26. The van der Waals surface area contributed by atoms with Crippen LogP contribution in [0, 0.1) is 0 Å². The van der Waals surface area contributed by atoms with Gasteiger partial charge in [-0.1, -0.05) is 104 Å². The summed E-state index contributed by atoms with van der Waals surface area (Å²) in [5, 5.41) is 2.93. The van der Waals surface area contributed by atoms with Crippen molar-refractivity contribution in [2.45, 2.75) is 142 Å². The molecule has 0 aromatic carbocycles. The first-order chi connectivity index (χ1) is 18.1. The third-order valence-corrected chi connectivity index (χ3v) is 6.94. The quantitative estimate of drug-likeness (QED) is 0.0810. The third-order valence-electron chi connectivity index (χ3n) is 6.94. The zero-order chi connectivity index (χ0) is 27.2. The first-order valence-corrected chi connectivity index (χ1v) is 15.8. The summed E-state index contributed by atoms with van der Waals surface area (Å²) in [6.07, 6.45) is 23.8. The molecule has 0 aliphatic rings. The molecule has 6 heteroatoms. The Morgan fingerprint density at radius 2 is 1.11 bits per heavy atom. The van der Waals surface area contributed by atoms with Gasteiger partial charge in [-0.25, -0.2) is 0 Å². The number of carbonyl (C=O) groups is 2. The fourth-order valence-corrected chi connectivity index (χ4v) is 4.62. The van der Waals surface area contributed by atoms with E-state index in [-0.39, 0.29) is 18.5 Å². The Balaban J connectivity index is 3.84. The van der Waals surface area contributed by atoms with Crippen LogP contribution >= 0.6 is 0 Å². The molecule has 0 rings (SSSR count). The van der Waals surface area contributed by atoms with E-state index in [9.17, 15) is 9.59 Å². The SMILES string of the molecule is CCCCCCCCCOC(=O)CCCCCCCN(CCCCCCCC)CCCNC(=O)COC. The molecule has 0 aliphatic heterocycles. The minimum Gasteiger partial charge on any atom is -0.466 e. The van der Waals surface area contributed by atoms with Crippen LogP contribution < -0.4 is 5.32 Å². The largest absolute Gasteiger partial charge is 0.466 e. The predicted octanol–water partition coefficient (Wildman–Crippen LogP) is 7.44. The van der Waals surface area contributed by atoms with E-state index >= 15 is 0 Å². The molecule has 0 atom stereocenters. The van der Waals surface area contributed by atoms with Crippen LogP contribution in [-0.4, -0.2) is 63.3 Å². The van der Waals surface area contributed by atoms with Crippen molar-refractivity contribution >= 4 is 11.9 Å². The van der Waals surface area contributed by atoms with Crippen molar-refractivity contribution in [2.75, 3.05) is 46.5 Å². The van der Waals surface area contributed by atoms with Gasteiger partial charge in [0.1, 0.15) is 6.61 Å². The highest BCUT2D eigenvalue weighted by molar-refractivity contribution is 5.77. The van der Waals surface area contributed by atoms with Crippen molar-refractivity contribution in [3.05, 3.63) is 0 Å². The van der Waals surface area contributed by atoms with Crippen LogP contribution in [0.1, 0.15) is 142 Å². The Morgan fingerprint density at radius 1 is 0.622 bits per heavy atom. The fraction of sp³-hybridized carbons (Fsp3) is 0.935. The van der Waals surface area contributed by atoms with E-state index in [1.807, 2.05) is 0 Å². The van der Waals surface area contributed by atoms with Gasteiger partial charge < -0.3 is 19.7 Å². The molecule has 0 fully saturated rings. The number of hydrogen-bond donors (Lipinski definition) is 1. The zero-order valence-corrected chi connectivity index (χ0v) is 25.0. The highest BCUT2D eigenvalue weighted by Crippen LogP contribution is 2.11. The first kappa shape index (κ1) is 35.9. The summed E-state index contributed by atoms with van der Waals surface area (Å²) in [7, 11) is 1.55. The number of amides is 1. The summed E-state index contributed by atoms with van der Waals surface area (Å²) in [5.41, 5.74) is 0. The Kier molecular flexibility index (Phi) is 28.5. The molecule has 0 aliphatic carbocycles. The van der Waals surface area contributed by atoms with Crippen molar-refractivity contribution in [3.8, 4) is 0 Å². The molecular formula is C31H62N2O4. The number of methoxy groups -OCH3 is 1.